The van der Waals surface area contributed by atoms with Gasteiger partial charge in [0.2, 0.25) is 5.82 Å². The van der Waals surface area contributed by atoms with E-state index >= 15 is 0 Å². The van der Waals surface area contributed by atoms with Crippen molar-refractivity contribution in [2.24, 2.45) is 0 Å². The number of hydrogen-bond acceptors (Lipinski definition) is 2. The van der Waals surface area contributed by atoms with Crippen molar-refractivity contribution >= 4 is 5.78 Å². The molecule has 19 heavy (non-hydrogen) atoms. The predicted molar refractivity (Wildman–Crippen MR) is 62.8 cm³/mol. The molecule has 2 rings (SSSR count). The second-order valence-corrected chi connectivity index (χ2v) is 3.86. The molecular formula is C14H9F3O2. The van der Waals surface area contributed by atoms with Crippen LogP contribution in [0.3, 0.4) is 0 Å². The molecule has 0 saturated heterocycles. The van der Waals surface area contributed by atoms with Gasteiger partial charge >= 0.3 is 0 Å². The molecule has 2 aromatic carbocycles. The summed E-state index contributed by atoms with van der Waals surface area (Å²) in [5.74, 6) is -4.11. The van der Waals surface area contributed by atoms with E-state index in [0.29, 0.717) is 0 Å². The van der Waals surface area contributed by atoms with Gasteiger partial charge in [0.15, 0.2) is 28.9 Å². The van der Waals surface area contributed by atoms with E-state index in [4.69, 9.17) is 4.74 Å². The summed E-state index contributed by atoms with van der Waals surface area (Å²) in [6, 6.07) is 6.87. The number of carbonyl (C=O) groups is 1. The molecule has 0 aromatic heterocycles. The highest BCUT2D eigenvalue weighted by molar-refractivity contribution is 5.94. The lowest BCUT2D eigenvalue weighted by molar-refractivity contribution is 0.101. The fraction of sp³-hybridized carbons (Fsp3) is 0.0714. The van der Waals surface area contributed by atoms with Crippen molar-refractivity contribution in [2.75, 3.05) is 0 Å². The fourth-order valence-electron chi connectivity index (χ4n) is 1.48. The minimum atomic E-state index is -1.20. The number of ketones is 1. The molecule has 5 heteroatoms. The number of carbonyl (C=O) groups excluding carboxylic acids is 1. The first-order chi connectivity index (χ1) is 8.99. The van der Waals surface area contributed by atoms with Crippen LogP contribution in [0.5, 0.6) is 11.5 Å². The van der Waals surface area contributed by atoms with Gasteiger partial charge in [-0.15, -0.1) is 0 Å². The summed E-state index contributed by atoms with van der Waals surface area (Å²) in [5.41, 5.74) is 0.171. The van der Waals surface area contributed by atoms with Gasteiger partial charge < -0.3 is 4.74 Å². The Morgan fingerprint density at radius 2 is 1.74 bits per heavy atom. The fourth-order valence-corrected chi connectivity index (χ4v) is 1.48. The first kappa shape index (κ1) is 13.1. The van der Waals surface area contributed by atoms with Crippen LogP contribution < -0.4 is 4.74 Å². The molecule has 0 saturated carbocycles. The van der Waals surface area contributed by atoms with Gasteiger partial charge in [0.05, 0.1) is 0 Å². The molecule has 0 aliphatic carbocycles. The maximum absolute atomic E-state index is 13.6. The quantitative estimate of drug-likeness (QED) is 0.782. The Kier molecular flexibility index (Phi) is 3.55. The highest BCUT2D eigenvalue weighted by Crippen LogP contribution is 2.28. The maximum atomic E-state index is 13.6. The molecule has 0 fully saturated rings. The molecule has 98 valence electrons. The molecule has 2 nitrogen and oxygen atoms in total. The van der Waals surface area contributed by atoms with E-state index in [1.165, 1.54) is 31.2 Å². The number of rotatable bonds is 3. The number of benzene rings is 2. The lowest BCUT2D eigenvalue weighted by atomic mass is 10.1. The third-order valence-electron chi connectivity index (χ3n) is 2.47. The summed E-state index contributed by atoms with van der Waals surface area (Å²) in [6.07, 6.45) is 0. The largest absolute Gasteiger partial charge is 0.451 e. The van der Waals surface area contributed by atoms with Gasteiger partial charge in [-0.05, 0) is 37.3 Å². The van der Waals surface area contributed by atoms with Crippen LogP contribution >= 0.6 is 0 Å². The average molecular weight is 266 g/mol. The van der Waals surface area contributed by atoms with E-state index < -0.39 is 23.2 Å². The van der Waals surface area contributed by atoms with Gasteiger partial charge in [-0.3, -0.25) is 4.79 Å². The molecule has 0 N–H and O–H groups in total. The maximum Gasteiger partial charge on any atom is 0.201 e. The van der Waals surface area contributed by atoms with Crippen molar-refractivity contribution in [3.8, 4) is 11.5 Å². The van der Waals surface area contributed by atoms with Crippen LogP contribution in [0.25, 0.3) is 0 Å². The summed E-state index contributed by atoms with van der Waals surface area (Å²) in [4.78, 5) is 11.0. The van der Waals surface area contributed by atoms with Crippen molar-refractivity contribution in [1.82, 2.24) is 0 Å². The molecule has 0 aliphatic rings. The molecule has 0 amide bonds. The van der Waals surface area contributed by atoms with E-state index in [1.807, 2.05) is 0 Å². The van der Waals surface area contributed by atoms with Crippen LogP contribution in [0.1, 0.15) is 17.3 Å². The van der Waals surface area contributed by atoms with Crippen LogP contribution in [0, 0.1) is 17.5 Å². The van der Waals surface area contributed by atoms with E-state index in [9.17, 15) is 18.0 Å². The van der Waals surface area contributed by atoms with E-state index in [0.717, 1.165) is 12.1 Å². The number of ether oxygens (including phenoxy) is 1. The van der Waals surface area contributed by atoms with Gasteiger partial charge in [-0.25, -0.2) is 8.78 Å². The average Bonchev–Trinajstić information content (AvgIpc) is 2.37. The van der Waals surface area contributed by atoms with Gasteiger partial charge in [0, 0.05) is 5.56 Å². The Balaban J connectivity index is 2.34. The third kappa shape index (κ3) is 2.76. The van der Waals surface area contributed by atoms with Crippen LogP contribution in [-0.4, -0.2) is 5.78 Å². The Bertz CT molecular complexity index is 639. The van der Waals surface area contributed by atoms with Crippen LogP contribution in [-0.2, 0) is 0 Å². The Morgan fingerprint density at radius 1 is 1.00 bits per heavy atom. The molecule has 0 atom stereocenters. The van der Waals surface area contributed by atoms with Gasteiger partial charge in [-0.1, -0.05) is 6.07 Å². The molecule has 0 spiro atoms. The minimum Gasteiger partial charge on any atom is -0.451 e. The summed E-state index contributed by atoms with van der Waals surface area (Å²) in [6.45, 7) is 1.29. The highest BCUT2D eigenvalue weighted by atomic mass is 19.2. The summed E-state index contributed by atoms with van der Waals surface area (Å²) < 4.78 is 44.9. The van der Waals surface area contributed by atoms with Crippen molar-refractivity contribution < 1.29 is 22.7 Å². The molecule has 0 unspecified atom stereocenters. The topological polar surface area (TPSA) is 26.3 Å². The summed E-state index contributed by atoms with van der Waals surface area (Å²) >= 11 is 0. The van der Waals surface area contributed by atoms with E-state index in [1.54, 1.807) is 0 Å². The zero-order valence-electron chi connectivity index (χ0n) is 9.91. The molecule has 0 bridgehead atoms. The van der Waals surface area contributed by atoms with Crippen molar-refractivity contribution in [3.05, 3.63) is 59.4 Å². The van der Waals surface area contributed by atoms with Crippen molar-refractivity contribution in [1.29, 1.82) is 0 Å². The number of halogens is 3. The molecule has 0 radical (unpaired) electrons. The van der Waals surface area contributed by atoms with Crippen molar-refractivity contribution in [3.63, 3.8) is 0 Å². The van der Waals surface area contributed by atoms with E-state index in [2.05, 4.69) is 0 Å². The van der Waals surface area contributed by atoms with Crippen LogP contribution in [0.2, 0.25) is 0 Å². The van der Waals surface area contributed by atoms with Crippen LogP contribution in [0.4, 0.5) is 13.2 Å². The van der Waals surface area contributed by atoms with E-state index in [-0.39, 0.29) is 17.1 Å². The number of hydrogen-bond donors (Lipinski definition) is 0. The van der Waals surface area contributed by atoms with Gasteiger partial charge in [-0.2, -0.15) is 4.39 Å². The minimum absolute atomic E-state index is 0.171. The summed E-state index contributed by atoms with van der Waals surface area (Å²) in [7, 11) is 0. The SMILES string of the molecule is CC(=O)c1ccc(Oc2cccc(F)c2F)c(F)c1. The Labute approximate surface area is 107 Å². The zero-order valence-corrected chi connectivity index (χ0v) is 9.91. The molecule has 2 aromatic rings. The van der Waals surface area contributed by atoms with Gasteiger partial charge in [0.25, 0.3) is 0 Å². The lowest BCUT2D eigenvalue weighted by Crippen LogP contribution is -1.97. The Morgan fingerprint density at radius 3 is 2.37 bits per heavy atom. The Hall–Kier alpha value is -2.30. The molecule has 0 aliphatic heterocycles. The monoisotopic (exact) mass is 266 g/mol. The normalized spacial score (nSPS) is 10.3. The zero-order chi connectivity index (χ0) is 14.0. The predicted octanol–water partition coefficient (Wildman–Crippen LogP) is 4.10. The standard InChI is InChI=1S/C14H9F3O2/c1-8(18)9-5-6-12(11(16)7-9)19-13-4-2-3-10(15)14(13)17/h2-7H,1H3. The third-order valence-corrected chi connectivity index (χ3v) is 2.47. The molecule has 0 heterocycles. The van der Waals surface area contributed by atoms with Crippen LogP contribution in [0.15, 0.2) is 36.4 Å². The van der Waals surface area contributed by atoms with Gasteiger partial charge in [0.1, 0.15) is 0 Å². The lowest BCUT2D eigenvalue weighted by Gasteiger charge is -2.08. The smallest absolute Gasteiger partial charge is 0.201 e. The number of Topliss-reactive ketones (excluding diaryl/α,β-unsaturated/α-hetero) is 1. The molecular weight excluding hydrogens is 257 g/mol. The van der Waals surface area contributed by atoms with Crippen molar-refractivity contribution in [2.45, 2.75) is 6.92 Å². The first-order valence-electron chi connectivity index (χ1n) is 5.41. The highest BCUT2D eigenvalue weighted by Gasteiger charge is 2.13. The summed E-state index contributed by atoms with van der Waals surface area (Å²) in [5, 5.41) is 0. The second kappa shape index (κ2) is 5.14. The first-order valence-corrected chi connectivity index (χ1v) is 5.41. The second-order valence-electron chi connectivity index (χ2n) is 3.86.